The van der Waals surface area contributed by atoms with E-state index in [-0.39, 0.29) is 12.1 Å². The van der Waals surface area contributed by atoms with E-state index < -0.39 is 0 Å². The number of ether oxygens (including phenoxy) is 2. The maximum Gasteiger partial charge on any atom is 0.319 e. The number of aryl methyl sites for hydroxylation is 1. The van der Waals surface area contributed by atoms with Crippen LogP contribution in [0.4, 0.5) is 10.5 Å². The molecule has 2 N–H and O–H groups in total. The van der Waals surface area contributed by atoms with Gasteiger partial charge in [-0.05, 0) is 44.7 Å². The molecule has 1 saturated carbocycles. The predicted octanol–water partition coefficient (Wildman–Crippen LogP) is 4.69. The first-order valence-electron chi connectivity index (χ1n) is 8.95. The van der Waals surface area contributed by atoms with E-state index in [0.717, 1.165) is 35.7 Å². The van der Waals surface area contributed by atoms with Crippen LogP contribution in [-0.4, -0.2) is 36.5 Å². The molecule has 0 saturated heterocycles. The van der Waals surface area contributed by atoms with Crippen molar-refractivity contribution >= 4 is 34.8 Å². The quantitative estimate of drug-likeness (QED) is 0.726. The Kier molecular flexibility index (Phi) is 6.84. The fourth-order valence-electron chi connectivity index (χ4n) is 3.10. The maximum absolute atomic E-state index is 12.4. The second-order valence-corrected chi connectivity index (χ2v) is 8.92. The average Bonchev–Trinajstić information content (AvgIpc) is 3.08. The molecule has 1 aromatic heterocycles. The first kappa shape index (κ1) is 19.8. The van der Waals surface area contributed by atoms with Gasteiger partial charge in [0.25, 0.3) is 0 Å². The fraction of sp³-hybridized carbons (Fsp3) is 0.474. The Morgan fingerprint density at radius 3 is 2.63 bits per heavy atom. The molecule has 27 heavy (non-hydrogen) atoms. The van der Waals surface area contributed by atoms with Crippen LogP contribution in [0.15, 0.2) is 27.9 Å². The van der Waals surface area contributed by atoms with E-state index >= 15 is 0 Å². The number of urea groups is 1. The highest BCUT2D eigenvalue weighted by Crippen LogP contribution is 2.35. The number of nitrogens with zero attached hydrogens (tertiary/aromatic N) is 1. The van der Waals surface area contributed by atoms with Crippen molar-refractivity contribution in [3.8, 4) is 11.5 Å². The molecule has 2 amide bonds. The largest absolute Gasteiger partial charge is 0.497 e. The minimum Gasteiger partial charge on any atom is -0.497 e. The van der Waals surface area contributed by atoms with Crippen molar-refractivity contribution in [2.45, 2.75) is 48.2 Å². The van der Waals surface area contributed by atoms with Gasteiger partial charge >= 0.3 is 6.03 Å². The van der Waals surface area contributed by atoms with Crippen molar-refractivity contribution in [1.29, 1.82) is 0 Å². The first-order chi connectivity index (χ1) is 13.1. The summed E-state index contributed by atoms with van der Waals surface area (Å²) < 4.78 is 11.6. The molecular formula is C19H25N3O3S2. The van der Waals surface area contributed by atoms with E-state index in [9.17, 15) is 4.79 Å². The van der Waals surface area contributed by atoms with Crippen molar-refractivity contribution in [3.05, 3.63) is 29.3 Å². The molecule has 2 aromatic rings. The van der Waals surface area contributed by atoms with Crippen molar-refractivity contribution in [2.24, 2.45) is 0 Å². The summed E-state index contributed by atoms with van der Waals surface area (Å²) >= 11 is 3.58. The molecule has 0 bridgehead atoms. The molecule has 0 radical (unpaired) electrons. The molecule has 6 nitrogen and oxygen atoms in total. The highest BCUT2D eigenvalue weighted by Gasteiger charge is 2.24. The molecule has 146 valence electrons. The zero-order valence-corrected chi connectivity index (χ0v) is 17.4. The van der Waals surface area contributed by atoms with Crippen LogP contribution in [0.1, 0.15) is 31.4 Å². The van der Waals surface area contributed by atoms with Crippen LogP contribution in [-0.2, 0) is 0 Å². The monoisotopic (exact) mass is 407 g/mol. The molecule has 1 aliphatic rings. The third-order valence-corrected chi connectivity index (χ3v) is 6.96. The minimum absolute atomic E-state index is 0.198. The van der Waals surface area contributed by atoms with E-state index in [1.54, 1.807) is 43.8 Å². The van der Waals surface area contributed by atoms with Crippen molar-refractivity contribution in [2.75, 3.05) is 19.5 Å². The van der Waals surface area contributed by atoms with Crippen molar-refractivity contribution < 1.29 is 14.3 Å². The molecule has 0 atom stereocenters. The van der Waals surface area contributed by atoms with Gasteiger partial charge in [-0.15, -0.1) is 11.3 Å². The number of methoxy groups -OCH3 is 2. The Morgan fingerprint density at radius 1 is 1.22 bits per heavy atom. The zero-order valence-electron chi connectivity index (χ0n) is 15.8. The third-order valence-electron chi connectivity index (χ3n) is 4.53. The van der Waals surface area contributed by atoms with Crippen LogP contribution >= 0.6 is 23.1 Å². The van der Waals surface area contributed by atoms with Crippen LogP contribution in [0.25, 0.3) is 0 Å². The fourth-order valence-corrected chi connectivity index (χ4v) is 5.38. The first-order valence-corrected chi connectivity index (χ1v) is 10.7. The highest BCUT2D eigenvalue weighted by atomic mass is 32.2. The number of benzene rings is 1. The van der Waals surface area contributed by atoms with Crippen molar-refractivity contribution in [3.63, 3.8) is 0 Å². The second kappa shape index (κ2) is 9.32. The number of anilines is 1. The van der Waals surface area contributed by atoms with Gasteiger partial charge in [0.1, 0.15) is 15.8 Å². The number of carbonyl (C=O) groups is 1. The number of hydrogen-bond acceptors (Lipinski definition) is 6. The molecule has 8 heteroatoms. The lowest BCUT2D eigenvalue weighted by Crippen LogP contribution is -2.40. The summed E-state index contributed by atoms with van der Waals surface area (Å²) in [6, 6.07) is 5.31. The SMILES string of the molecule is COc1ccc(NC(=O)NC2CCC(Sc3nc(C)cs3)CC2)c(OC)c1. The Bertz CT molecular complexity index is 773. The summed E-state index contributed by atoms with van der Waals surface area (Å²) in [6.45, 7) is 2.03. The van der Waals surface area contributed by atoms with E-state index in [4.69, 9.17) is 9.47 Å². The summed E-state index contributed by atoms with van der Waals surface area (Å²) in [7, 11) is 3.17. The van der Waals surface area contributed by atoms with Gasteiger partial charge in [-0.1, -0.05) is 11.8 Å². The summed E-state index contributed by atoms with van der Waals surface area (Å²) in [5.41, 5.74) is 1.71. The number of rotatable bonds is 6. The lowest BCUT2D eigenvalue weighted by molar-refractivity contribution is 0.244. The molecule has 0 aliphatic heterocycles. The summed E-state index contributed by atoms with van der Waals surface area (Å²) in [4.78, 5) is 16.9. The highest BCUT2D eigenvalue weighted by molar-refractivity contribution is 8.01. The van der Waals surface area contributed by atoms with E-state index in [2.05, 4.69) is 21.0 Å². The number of nitrogens with one attached hydrogen (secondary N) is 2. The Balaban J connectivity index is 1.47. The van der Waals surface area contributed by atoms with Gasteiger partial charge in [-0.2, -0.15) is 0 Å². The molecule has 1 aliphatic carbocycles. The van der Waals surface area contributed by atoms with Crippen LogP contribution in [0, 0.1) is 6.92 Å². The molecule has 0 unspecified atom stereocenters. The van der Waals surface area contributed by atoms with Gasteiger partial charge in [-0.25, -0.2) is 9.78 Å². The number of amides is 2. The number of hydrogen-bond donors (Lipinski definition) is 2. The van der Waals surface area contributed by atoms with Gasteiger partial charge < -0.3 is 20.1 Å². The average molecular weight is 408 g/mol. The number of thioether (sulfide) groups is 1. The molecule has 0 spiro atoms. The topological polar surface area (TPSA) is 72.5 Å². The lowest BCUT2D eigenvalue weighted by Gasteiger charge is -2.28. The van der Waals surface area contributed by atoms with E-state index in [0.29, 0.717) is 22.4 Å². The summed E-state index contributed by atoms with van der Waals surface area (Å²) in [5, 5.41) is 8.62. The van der Waals surface area contributed by atoms with Crippen LogP contribution in [0.5, 0.6) is 11.5 Å². The number of thiazole rings is 1. The third kappa shape index (κ3) is 5.52. The van der Waals surface area contributed by atoms with Crippen LogP contribution < -0.4 is 20.1 Å². The Morgan fingerprint density at radius 2 is 2.00 bits per heavy atom. The van der Waals surface area contributed by atoms with Gasteiger partial charge in [-0.3, -0.25) is 0 Å². The normalized spacial score (nSPS) is 19.4. The van der Waals surface area contributed by atoms with Gasteiger partial charge in [0, 0.05) is 28.4 Å². The summed E-state index contributed by atoms with van der Waals surface area (Å²) in [6.07, 6.45) is 4.13. The number of carbonyl (C=O) groups excluding carboxylic acids is 1. The molecular weight excluding hydrogens is 382 g/mol. The summed E-state index contributed by atoms with van der Waals surface area (Å²) in [5.74, 6) is 1.26. The molecule has 1 heterocycles. The molecule has 3 rings (SSSR count). The van der Waals surface area contributed by atoms with Gasteiger partial charge in [0.2, 0.25) is 0 Å². The Hall–Kier alpha value is -1.93. The smallest absolute Gasteiger partial charge is 0.319 e. The zero-order chi connectivity index (χ0) is 19.2. The standard InChI is InChI=1S/C19H25N3O3S2/c1-12-11-26-19(20-12)27-15-7-4-13(5-8-15)21-18(23)22-16-9-6-14(24-2)10-17(16)25-3/h6,9-11,13,15H,4-5,7-8H2,1-3H3,(H2,21,22,23). The van der Waals surface area contributed by atoms with Crippen LogP contribution in [0.2, 0.25) is 0 Å². The Labute approximate surface area is 168 Å². The number of aromatic nitrogens is 1. The predicted molar refractivity (Wildman–Crippen MR) is 110 cm³/mol. The van der Waals surface area contributed by atoms with E-state index in [1.807, 2.05) is 18.7 Å². The molecule has 1 aromatic carbocycles. The molecule has 1 fully saturated rings. The second-order valence-electron chi connectivity index (χ2n) is 6.51. The van der Waals surface area contributed by atoms with E-state index in [1.165, 1.54) is 0 Å². The van der Waals surface area contributed by atoms with Gasteiger partial charge in [0.05, 0.1) is 19.9 Å². The van der Waals surface area contributed by atoms with Gasteiger partial charge in [0.15, 0.2) is 0 Å². The lowest BCUT2D eigenvalue weighted by atomic mass is 9.95. The maximum atomic E-state index is 12.4. The van der Waals surface area contributed by atoms with Crippen molar-refractivity contribution in [1.82, 2.24) is 10.3 Å². The van der Waals surface area contributed by atoms with Crippen LogP contribution in [0.3, 0.4) is 0 Å². The minimum atomic E-state index is -0.204.